The molecular weight excluding hydrogens is 260 g/mol. The van der Waals surface area contributed by atoms with Crippen molar-refractivity contribution in [2.75, 3.05) is 0 Å². The largest absolute Gasteiger partial charge is 0.487 e. The van der Waals surface area contributed by atoms with Crippen LogP contribution in [0, 0.1) is 0 Å². The molecule has 110 valence electrons. The highest BCUT2D eigenvalue weighted by atomic mass is 16.5. The highest BCUT2D eigenvalue weighted by molar-refractivity contribution is 5.49. The first-order chi connectivity index (χ1) is 10.00. The summed E-state index contributed by atoms with van der Waals surface area (Å²) in [5.41, 5.74) is 4.05. The Balaban J connectivity index is 1.96. The van der Waals surface area contributed by atoms with Crippen molar-refractivity contribution in [3.8, 4) is 5.75 Å². The van der Waals surface area contributed by atoms with Gasteiger partial charge < -0.3 is 9.84 Å². The van der Waals surface area contributed by atoms with Gasteiger partial charge in [-0.15, -0.1) is 0 Å². The molecule has 0 spiro atoms. The van der Waals surface area contributed by atoms with Crippen molar-refractivity contribution >= 4 is 0 Å². The molecule has 2 nitrogen and oxygen atoms in total. The van der Waals surface area contributed by atoms with Crippen LogP contribution >= 0.6 is 0 Å². The summed E-state index contributed by atoms with van der Waals surface area (Å²) in [7, 11) is 0. The van der Waals surface area contributed by atoms with Crippen LogP contribution < -0.4 is 4.74 Å². The minimum Gasteiger partial charge on any atom is -0.487 e. The zero-order valence-corrected chi connectivity index (χ0v) is 12.9. The third-order valence-corrected chi connectivity index (χ3v) is 4.12. The van der Waals surface area contributed by atoms with Crippen LogP contribution in [0.1, 0.15) is 49.1 Å². The Morgan fingerprint density at radius 1 is 1.14 bits per heavy atom. The molecule has 0 fully saturated rings. The summed E-state index contributed by atoms with van der Waals surface area (Å²) in [6, 6.07) is 14.2. The SMILES string of the molecule is CCc1ccc(C(O)c2cccc3c2OC(C)(C)C3)cc1. The Morgan fingerprint density at radius 3 is 2.52 bits per heavy atom. The number of hydrogen-bond donors (Lipinski definition) is 1. The molecule has 1 aliphatic heterocycles. The van der Waals surface area contributed by atoms with Crippen LogP contribution in [0.25, 0.3) is 0 Å². The maximum atomic E-state index is 10.7. The molecule has 0 bridgehead atoms. The fraction of sp³-hybridized carbons (Fsp3) is 0.368. The number of ether oxygens (including phenoxy) is 1. The molecular formula is C19H22O2. The number of hydrogen-bond acceptors (Lipinski definition) is 2. The number of fused-ring (bicyclic) bond motifs is 1. The Kier molecular flexibility index (Phi) is 3.50. The van der Waals surface area contributed by atoms with Gasteiger partial charge in [-0.1, -0.05) is 49.4 Å². The van der Waals surface area contributed by atoms with E-state index in [1.165, 1.54) is 11.1 Å². The van der Waals surface area contributed by atoms with E-state index in [1.807, 2.05) is 24.3 Å². The third kappa shape index (κ3) is 2.68. The predicted octanol–water partition coefficient (Wildman–Crippen LogP) is 4.04. The van der Waals surface area contributed by atoms with Crippen molar-refractivity contribution < 1.29 is 9.84 Å². The summed E-state index contributed by atoms with van der Waals surface area (Å²) in [5.74, 6) is 0.856. The molecule has 1 unspecified atom stereocenters. The van der Waals surface area contributed by atoms with E-state index in [0.29, 0.717) is 0 Å². The van der Waals surface area contributed by atoms with Gasteiger partial charge in [0.15, 0.2) is 0 Å². The molecule has 1 atom stereocenters. The number of benzene rings is 2. The van der Waals surface area contributed by atoms with E-state index >= 15 is 0 Å². The minimum absolute atomic E-state index is 0.190. The van der Waals surface area contributed by atoms with E-state index in [4.69, 9.17) is 4.74 Å². The van der Waals surface area contributed by atoms with Gasteiger partial charge in [-0.2, -0.15) is 0 Å². The lowest BCUT2D eigenvalue weighted by molar-refractivity contribution is 0.131. The van der Waals surface area contributed by atoms with E-state index in [9.17, 15) is 5.11 Å². The molecule has 0 saturated heterocycles. The number of rotatable bonds is 3. The van der Waals surface area contributed by atoms with Gasteiger partial charge >= 0.3 is 0 Å². The second-order valence-corrected chi connectivity index (χ2v) is 6.37. The average molecular weight is 282 g/mol. The van der Waals surface area contributed by atoms with Gasteiger partial charge in [0.25, 0.3) is 0 Å². The fourth-order valence-corrected chi connectivity index (χ4v) is 2.97. The van der Waals surface area contributed by atoms with Crippen LogP contribution in [-0.4, -0.2) is 10.7 Å². The van der Waals surface area contributed by atoms with E-state index in [-0.39, 0.29) is 5.60 Å². The molecule has 0 saturated carbocycles. The quantitative estimate of drug-likeness (QED) is 0.920. The molecule has 0 amide bonds. The van der Waals surface area contributed by atoms with E-state index < -0.39 is 6.10 Å². The summed E-state index contributed by atoms with van der Waals surface area (Å²) in [4.78, 5) is 0. The van der Waals surface area contributed by atoms with Crippen LogP contribution in [-0.2, 0) is 12.8 Å². The molecule has 0 aliphatic carbocycles. The van der Waals surface area contributed by atoms with Crippen molar-refractivity contribution in [1.82, 2.24) is 0 Å². The number of aliphatic hydroxyl groups excluding tert-OH is 1. The molecule has 1 heterocycles. The fourth-order valence-electron chi connectivity index (χ4n) is 2.97. The first-order valence-electron chi connectivity index (χ1n) is 7.58. The maximum absolute atomic E-state index is 10.7. The number of aryl methyl sites for hydroxylation is 1. The lowest BCUT2D eigenvalue weighted by Crippen LogP contribution is -2.25. The van der Waals surface area contributed by atoms with Crippen LogP contribution in [0.4, 0.5) is 0 Å². The summed E-state index contributed by atoms with van der Waals surface area (Å²) in [6.07, 6.45) is 1.26. The van der Waals surface area contributed by atoms with Crippen LogP contribution in [0.2, 0.25) is 0 Å². The van der Waals surface area contributed by atoms with Gasteiger partial charge in [0.1, 0.15) is 17.5 Å². The van der Waals surface area contributed by atoms with Gasteiger partial charge in [-0.05, 0) is 37.0 Å². The van der Waals surface area contributed by atoms with Crippen molar-refractivity contribution in [1.29, 1.82) is 0 Å². The Morgan fingerprint density at radius 2 is 1.86 bits per heavy atom. The van der Waals surface area contributed by atoms with Gasteiger partial charge in [0.2, 0.25) is 0 Å². The molecule has 2 aromatic rings. The lowest BCUT2D eigenvalue weighted by Gasteiger charge is -2.20. The van der Waals surface area contributed by atoms with E-state index in [0.717, 1.165) is 29.7 Å². The Labute approximate surface area is 126 Å². The van der Waals surface area contributed by atoms with E-state index in [2.05, 4.69) is 39.0 Å². The Hall–Kier alpha value is -1.80. The number of para-hydroxylation sites is 1. The normalized spacial score (nSPS) is 17.1. The zero-order valence-electron chi connectivity index (χ0n) is 12.9. The van der Waals surface area contributed by atoms with Gasteiger partial charge in [0.05, 0.1) is 0 Å². The van der Waals surface area contributed by atoms with Crippen molar-refractivity contribution in [3.63, 3.8) is 0 Å². The minimum atomic E-state index is -0.639. The topological polar surface area (TPSA) is 29.5 Å². The van der Waals surface area contributed by atoms with Crippen LogP contribution in [0.3, 0.4) is 0 Å². The smallest absolute Gasteiger partial charge is 0.129 e. The maximum Gasteiger partial charge on any atom is 0.129 e. The first kappa shape index (κ1) is 14.2. The van der Waals surface area contributed by atoms with Gasteiger partial charge in [-0.3, -0.25) is 0 Å². The molecule has 2 heteroatoms. The molecule has 1 aliphatic rings. The van der Waals surface area contributed by atoms with E-state index in [1.54, 1.807) is 0 Å². The van der Waals surface area contributed by atoms with Crippen LogP contribution in [0.15, 0.2) is 42.5 Å². The highest BCUT2D eigenvalue weighted by Crippen LogP contribution is 2.41. The highest BCUT2D eigenvalue weighted by Gasteiger charge is 2.33. The molecule has 0 aromatic heterocycles. The van der Waals surface area contributed by atoms with Crippen molar-refractivity contribution in [2.45, 2.75) is 45.3 Å². The average Bonchev–Trinajstić information content (AvgIpc) is 2.80. The molecule has 2 aromatic carbocycles. The summed E-state index contributed by atoms with van der Waals surface area (Å²) < 4.78 is 6.05. The molecule has 0 radical (unpaired) electrons. The molecule has 3 rings (SSSR count). The Bertz CT molecular complexity index is 641. The van der Waals surface area contributed by atoms with Gasteiger partial charge in [-0.25, -0.2) is 0 Å². The second-order valence-electron chi connectivity index (χ2n) is 6.37. The number of aliphatic hydroxyl groups is 1. The van der Waals surface area contributed by atoms with Crippen molar-refractivity contribution in [3.05, 3.63) is 64.7 Å². The summed E-state index contributed by atoms with van der Waals surface area (Å²) in [6.45, 7) is 6.30. The third-order valence-electron chi connectivity index (χ3n) is 4.12. The lowest BCUT2D eigenvalue weighted by atomic mass is 9.96. The summed E-state index contributed by atoms with van der Waals surface area (Å²) in [5, 5.41) is 10.7. The molecule has 1 N–H and O–H groups in total. The van der Waals surface area contributed by atoms with Crippen molar-refractivity contribution in [2.24, 2.45) is 0 Å². The van der Waals surface area contributed by atoms with Gasteiger partial charge in [0, 0.05) is 12.0 Å². The predicted molar refractivity (Wildman–Crippen MR) is 84.7 cm³/mol. The second kappa shape index (κ2) is 5.19. The first-order valence-corrected chi connectivity index (χ1v) is 7.58. The van der Waals surface area contributed by atoms with Crippen LogP contribution in [0.5, 0.6) is 5.75 Å². The molecule has 21 heavy (non-hydrogen) atoms. The summed E-state index contributed by atoms with van der Waals surface area (Å²) >= 11 is 0. The monoisotopic (exact) mass is 282 g/mol. The zero-order chi connectivity index (χ0) is 15.0. The standard InChI is InChI=1S/C19H22O2/c1-4-13-8-10-14(11-9-13)17(20)16-7-5-6-15-12-19(2,3)21-18(15)16/h5-11,17,20H,4,12H2,1-3H3.